The van der Waals surface area contributed by atoms with E-state index in [0.717, 1.165) is 50.8 Å². The fourth-order valence-electron chi connectivity index (χ4n) is 2.03. The molecule has 2 unspecified atom stereocenters. The maximum atomic E-state index is 10.4. The summed E-state index contributed by atoms with van der Waals surface area (Å²) in [5, 5.41) is 0. The van der Waals surface area contributed by atoms with E-state index in [4.69, 9.17) is 9.47 Å². The zero-order chi connectivity index (χ0) is 13.2. The van der Waals surface area contributed by atoms with Crippen molar-refractivity contribution < 1.29 is 14.3 Å². The molecule has 0 aromatic carbocycles. The van der Waals surface area contributed by atoms with Crippen molar-refractivity contribution in [3.05, 3.63) is 11.6 Å². The van der Waals surface area contributed by atoms with Crippen molar-refractivity contribution in [3.63, 3.8) is 0 Å². The maximum absolute atomic E-state index is 10.4. The third-order valence-electron chi connectivity index (χ3n) is 3.36. The normalized spacial score (nSPS) is 22.8. The summed E-state index contributed by atoms with van der Waals surface area (Å²) in [7, 11) is 0. The van der Waals surface area contributed by atoms with Crippen LogP contribution in [-0.2, 0) is 14.3 Å². The van der Waals surface area contributed by atoms with Gasteiger partial charge in [-0.3, -0.25) is 4.79 Å². The number of carbonyl (C=O) groups excluding carboxylic acids is 1. The molecule has 1 fully saturated rings. The smallest absolute Gasteiger partial charge is 0.157 e. The van der Waals surface area contributed by atoms with Crippen LogP contribution in [-0.4, -0.2) is 25.8 Å². The second-order valence-electron chi connectivity index (χ2n) is 5.20. The second kappa shape index (κ2) is 9.29. The van der Waals surface area contributed by atoms with Gasteiger partial charge in [-0.25, -0.2) is 0 Å². The molecule has 3 nitrogen and oxygen atoms in total. The van der Waals surface area contributed by atoms with Gasteiger partial charge in [0.05, 0.1) is 0 Å². The van der Waals surface area contributed by atoms with E-state index in [1.807, 2.05) is 13.0 Å². The van der Waals surface area contributed by atoms with Gasteiger partial charge in [0.15, 0.2) is 6.29 Å². The first-order valence-corrected chi connectivity index (χ1v) is 7.07. The summed E-state index contributed by atoms with van der Waals surface area (Å²) in [6, 6.07) is 0. The number of aldehydes is 1. The molecule has 0 amide bonds. The van der Waals surface area contributed by atoms with Gasteiger partial charge >= 0.3 is 0 Å². The molecule has 0 aromatic heterocycles. The second-order valence-corrected chi connectivity index (χ2v) is 5.20. The van der Waals surface area contributed by atoms with Crippen LogP contribution in [0.15, 0.2) is 11.6 Å². The summed E-state index contributed by atoms with van der Waals surface area (Å²) in [6.07, 6.45) is 9.52. The predicted molar refractivity (Wildman–Crippen MR) is 72.4 cm³/mol. The third-order valence-corrected chi connectivity index (χ3v) is 3.36. The SMILES string of the molecule is CC(C=O)=CCCC(C)CCOC1CCCCO1. The monoisotopic (exact) mass is 254 g/mol. The lowest BCUT2D eigenvalue weighted by Crippen LogP contribution is -2.23. The van der Waals surface area contributed by atoms with Crippen molar-refractivity contribution in [2.45, 2.75) is 58.7 Å². The minimum Gasteiger partial charge on any atom is -0.353 e. The van der Waals surface area contributed by atoms with Gasteiger partial charge in [-0.2, -0.15) is 0 Å². The molecule has 0 saturated carbocycles. The van der Waals surface area contributed by atoms with Crippen LogP contribution in [0.4, 0.5) is 0 Å². The van der Waals surface area contributed by atoms with Crippen LogP contribution in [0.2, 0.25) is 0 Å². The molecule has 0 aliphatic carbocycles. The van der Waals surface area contributed by atoms with E-state index < -0.39 is 0 Å². The Kier molecular flexibility index (Phi) is 7.94. The molecular formula is C15H26O3. The van der Waals surface area contributed by atoms with Gasteiger partial charge in [-0.1, -0.05) is 13.0 Å². The molecule has 1 rings (SSSR count). The standard InChI is InChI=1S/C15H26O3/c1-13(6-5-7-14(2)12-16)9-11-18-15-8-3-4-10-17-15/h7,12-13,15H,3-6,8-11H2,1-2H3. The Hall–Kier alpha value is -0.670. The highest BCUT2D eigenvalue weighted by Crippen LogP contribution is 2.16. The highest BCUT2D eigenvalue weighted by Gasteiger charge is 2.14. The molecule has 18 heavy (non-hydrogen) atoms. The molecular weight excluding hydrogens is 228 g/mol. The Bertz CT molecular complexity index is 254. The van der Waals surface area contributed by atoms with Crippen LogP contribution < -0.4 is 0 Å². The van der Waals surface area contributed by atoms with E-state index in [9.17, 15) is 4.79 Å². The summed E-state index contributed by atoms with van der Waals surface area (Å²) in [5.41, 5.74) is 0.828. The van der Waals surface area contributed by atoms with E-state index in [2.05, 4.69) is 6.92 Å². The van der Waals surface area contributed by atoms with Crippen molar-refractivity contribution in [3.8, 4) is 0 Å². The van der Waals surface area contributed by atoms with Gasteiger partial charge in [0.2, 0.25) is 0 Å². The number of ether oxygens (including phenoxy) is 2. The number of rotatable bonds is 8. The van der Waals surface area contributed by atoms with Crippen LogP contribution in [0.1, 0.15) is 52.4 Å². The molecule has 2 atom stereocenters. The maximum Gasteiger partial charge on any atom is 0.157 e. The average molecular weight is 254 g/mol. The van der Waals surface area contributed by atoms with Crippen molar-refractivity contribution >= 4 is 6.29 Å². The van der Waals surface area contributed by atoms with E-state index in [1.54, 1.807) is 0 Å². The summed E-state index contributed by atoms with van der Waals surface area (Å²) in [5.74, 6) is 0.629. The molecule has 0 spiro atoms. The molecule has 0 aromatic rings. The predicted octanol–water partition coefficient (Wildman–Crippen LogP) is 3.48. The molecule has 0 bridgehead atoms. The molecule has 1 aliphatic heterocycles. The summed E-state index contributed by atoms with van der Waals surface area (Å²) in [6.45, 7) is 5.70. The van der Waals surface area contributed by atoms with Crippen molar-refractivity contribution in [1.29, 1.82) is 0 Å². The Morgan fingerprint density at radius 2 is 2.28 bits per heavy atom. The van der Waals surface area contributed by atoms with Gasteiger partial charge in [0.25, 0.3) is 0 Å². The van der Waals surface area contributed by atoms with Gasteiger partial charge < -0.3 is 9.47 Å². The number of hydrogen-bond acceptors (Lipinski definition) is 3. The van der Waals surface area contributed by atoms with Crippen molar-refractivity contribution in [1.82, 2.24) is 0 Å². The first kappa shape index (κ1) is 15.4. The lowest BCUT2D eigenvalue weighted by molar-refractivity contribution is -0.163. The van der Waals surface area contributed by atoms with E-state index in [0.29, 0.717) is 5.92 Å². The summed E-state index contributed by atoms with van der Waals surface area (Å²) in [4.78, 5) is 10.4. The van der Waals surface area contributed by atoms with E-state index in [1.165, 1.54) is 12.8 Å². The zero-order valence-corrected chi connectivity index (χ0v) is 11.7. The number of carbonyl (C=O) groups is 1. The largest absolute Gasteiger partial charge is 0.353 e. The van der Waals surface area contributed by atoms with E-state index >= 15 is 0 Å². The molecule has 1 saturated heterocycles. The molecule has 0 N–H and O–H groups in total. The van der Waals surface area contributed by atoms with Crippen molar-refractivity contribution in [2.75, 3.05) is 13.2 Å². The summed E-state index contributed by atoms with van der Waals surface area (Å²) >= 11 is 0. The molecule has 104 valence electrons. The van der Waals surface area contributed by atoms with Gasteiger partial charge in [0.1, 0.15) is 6.29 Å². The van der Waals surface area contributed by atoms with Crippen molar-refractivity contribution in [2.24, 2.45) is 5.92 Å². The zero-order valence-electron chi connectivity index (χ0n) is 11.7. The highest BCUT2D eigenvalue weighted by atomic mass is 16.7. The van der Waals surface area contributed by atoms with Crippen LogP contribution >= 0.6 is 0 Å². The van der Waals surface area contributed by atoms with Gasteiger partial charge in [0, 0.05) is 13.2 Å². The highest BCUT2D eigenvalue weighted by molar-refractivity contribution is 5.71. The lowest BCUT2D eigenvalue weighted by atomic mass is 10.0. The minimum atomic E-state index is 0.0307. The summed E-state index contributed by atoms with van der Waals surface area (Å²) < 4.78 is 11.2. The Labute approximate surface area is 111 Å². The Morgan fingerprint density at radius 3 is 2.94 bits per heavy atom. The third kappa shape index (κ3) is 6.92. The van der Waals surface area contributed by atoms with Gasteiger partial charge in [-0.05, 0) is 56.9 Å². The molecule has 3 heteroatoms. The van der Waals surface area contributed by atoms with Crippen LogP contribution in [0, 0.1) is 5.92 Å². The fraction of sp³-hybridized carbons (Fsp3) is 0.800. The van der Waals surface area contributed by atoms with Crippen LogP contribution in [0.5, 0.6) is 0 Å². The quantitative estimate of drug-likeness (QED) is 0.491. The average Bonchev–Trinajstić information content (AvgIpc) is 2.39. The first-order valence-electron chi connectivity index (χ1n) is 7.07. The lowest BCUT2D eigenvalue weighted by Gasteiger charge is -2.23. The Balaban J connectivity index is 2.02. The number of hydrogen-bond donors (Lipinski definition) is 0. The molecule has 1 aliphatic rings. The molecule has 1 heterocycles. The van der Waals surface area contributed by atoms with E-state index in [-0.39, 0.29) is 6.29 Å². The topological polar surface area (TPSA) is 35.5 Å². The minimum absolute atomic E-state index is 0.0307. The Morgan fingerprint density at radius 1 is 1.44 bits per heavy atom. The molecule has 0 radical (unpaired) electrons. The van der Waals surface area contributed by atoms with Crippen LogP contribution in [0.3, 0.4) is 0 Å². The number of allylic oxidation sites excluding steroid dienone is 2. The van der Waals surface area contributed by atoms with Crippen LogP contribution in [0.25, 0.3) is 0 Å². The fourth-order valence-corrected chi connectivity index (χ4v) is 2.03. The van der Waals surface area contributed by atoms with Gasteiger partial charge in [-0.15, -0.1) is 0 Å². The first-order chi connectivity index (χ1) is 8.72.